The number of amides is 1. The molecule has 1 amide bonds. The second-order valence-corrected chi connectivity index (χ2v) is 8.75. The number of fused-ring (bicyclic) bond motifs is 1. The second-order valence-electron chi connectivity index (χ2n) is 8.75. The predicted octanol–water partition coefficient (Wildman–Crippen LogP) is 5.80. The number of carbonyl (C=O) groups is 1. The van der Waals surface area contributed by atoms with E-state index in [0.717, 1.165) is 36.2 Å². The molecule has 4 rings (SSSR count). The first kappa shape index (κ1) is 21.3. The predicted molar refractivity (Wildman–Crippen MR) is 125 cm³/mol. The largest absolute Gasteiger partial charge is 0.322 e. The van der Waals surface area contributed by atoms with Gasteiger partial charge in [0, 0.05) is 17.8 Å². The van der Waals surface area contributed by atoms with Gasteiger partial charge in [-0.25, -0.2) is 4.39 Å². The van der Waals surface area contributed by atoms with Gasteiger partial charge in [-0.3, -0.25) is 4.79 Å². The van der Waals surface area contributed by atoms with E-state index in [2.05, 4.69) is 36.4 Å². The molecule has 0 fully saturated rings. The molecule has 3 aromatic carbocycles. The van der Waals surface area contributed by atoms with Crippen molar-refractivity contribution in [3.05, 3.63) is 89.2 Å². The third-order valence-corrected chi connectivity index (χ3v) is 5.98. The number of nitrogens with zero attached hydrogens (tertiary/aromatic N) is 1. The third-order valence-electron chi connectivity index (χ3n) is 5.98. The van der Waals surface area contributed by atoms with Crippen LogP contribution in [0.15, 0.2) is 66.7 Å². The zero-order valence-electron chi connectivity index (χ0n) is 18.2. The molecule has 0 aromatic heterocycles. The van der Waals surface area contributed by atoms with Gasteiger partial charge in [-0.1, -0.05) is 30.3 Å². The zero-order chi connectivity index (χ0) is 21.8. The van der Waals surface area contributed by atoms with E-state index in [1.807, 2.05) is 30.3 Å². The highest BCUT2D eigenvalue weighted by Crippen LogP contribution is 2.28. The van der Waals surface area contributed by atoms with Gasteiger partial charge in [0.05, 0.1) is 0 Å². The summed E-state index contributed by atoms with van der Waals surface area (Å²) in [4.78, 5) is 15.0. The number of nitrogens with one attached hydrogen (secondary N) is 1. The van der Waals surface area contributed by atoms with E-state index < -0.39 is 0 Å². The lowest BCUT2D eigenvalue weighted by atomic mass is 9.96. The first-order chi connectivity index (χ1) is 15.0. The Hall–Kier alpha value is -2.98. The highest BCUT2D eigenvalue weighted by molar-refractivity contribution is 6.04. The molecule has 1 aliphatic rings. The fourth-order valence-electron chi connectivity index (χ4n) is 4.46. The van der Waals surface area contributed by atoms with Crippen LogP contribution in [0.1, 0.15) is 34.3 Å². The van der Waals surface area contributed by atoms with Gasteiger partial charge >= 0.3 is 0 Å². The molecule has 31 heavy (non-hydrogen) atoms. The number of halogens is 1. The van der Waals surface area contributed by atoms with Crippen LogP contribution < -0.4 is 5.32 Å². The van der Waals surface area contributed by atoms with Gasteiger partial charge in [-0.2, -0.15) is 0 Å². The minimum atomic E-state index is -0.256. The van der Waals surface area contributed by atoms with Crippen LogP contribution in [-0.2, 0) is 12.8 Å². The first-order valence-corrected chi connectivity index (χ1v) is 10.9. The van der Waals surface area contributed by atoms with E-state index in [1.165, 1.54) is 36.1 Å². The minimum Gasteiger partial charge on any atom is -0.322 e. The summed E-state index contributed by atoms with van der Waals surface area (Å²) < 4.78 is 13.1. The second kappa shape index (κ2) is 9.44. The summed E-state index contributed by atoms with van der Waals surface area (Å²) in [6, 6.07) is 20.1. The van der Waals surface area contributed by atoms with E-state index in [4.69, 9.17) is 0 Å². The molecule has 0 aliphatic heterocycles. The molecule has 0 bridgehead atoms. The average Bonchev–Trinajstić information content (AvgIpc) is 2.95. The number of rotatable bonds is 5. The number of benzene rings is 3. The van der Waals surface area contributed by atoms with Crippen molar-refractivity contribution < 1.29 is 9.18 Å². The summed E-state index contributed by atoms with van der Waals surface area (Å²) >= 11 is 0. The Morgan fingerprint density at radius 3 is 2.32 bits per heavy atom. The van der Waals surface area contributed by atoms with Crippen molar-refractivity contribution in [1.29, 1.82) is 0 Å². The molecule has 1 unspecified atom stereocenters. The van der Waals surface area contributed by atoms with Crippen molar-refractivity contribution in [1.82, 2.24) is 4.90 Å². The maximum absolute atomic E-state index is 13.1. The number of carbonyl (C=O) groups excluding carboxylic acids is 1. The molecule has 3 nitrogen and oxygen atoms in total. The van der Waals surface area contributed by atoms with Gasteiger partial charge in [0.15, 0.2) is 0 Å². The van der Waals surface area contributed by atoms with Crippen molar-refractivity contribution in [2.45, 2.75) is 25.7 Å². The zero-order valence-corrected chi connectivity index (χ0v) is 18.2. The van der Waals surface area contributed by atoms with Crippen molar-refractivity contribution >= 4 is 11.6 Å². The number of aryl methyl sites for hydroxylation is 1. The van der Waals surface area contributed by atoms with Gasteiger partial charge in [0.25, 0.3) is 5.91 Å². The summed E-state index contributed by atoms with van der Waals surface area (Å²) in [6.07, 6.45) is 4.60. The number of anilines is 1. The lowest BCUT2D eigenvalue weighted by molar-refractivity contribution is 0.102. The lowest BCUT2D eigenvalue weighted by Gasteiger charge is -2.19. The van der Waals surface area contributed by atoms with Crippen molar-refractivity contribution in [3.63, 3.8) is 0 Å². The van der Waals surface area contributed by atoms with Crippen LogP contribution in [-0.4, -0.2) is 31.4 Å². The Morgan fingerprint density at radius 2 is 1.65 bits per heavy atom. The Kier molecular flexibility index (Phi) is 6.47. The quantitative estimate of drug-likeness (QED) is 0.533. The summed E-state index contributed by atoms with van der Waals surface area (Å²) in [5, 5.41) is 3.04. The average molecular weight is 417 g/mol. The highest BCUT2D eigenvalue weighted by Gasteiger charge is 2.18. The van der Waals surface area contributed by atoms with E-state index in [-0.39, 0.29) is 11.7 Å². The molecule has 0 radical (unpaired) electrons. The molecule has 1 N–H and O–H groups in total. The van der Waals surface area contributed by atoms with Gasteiger partial charge in [0.2, 0.25) is 0 Å². The van der Waals surface area contributed by atoms with Gasteiger partial charge in [0.1, 0.15) is 5.82 Å². The highest BCUT2D eigenvalue weighted by atomic mass is 19.1. The smallest absolute Gasteiger partial charge is 0.255 e. The molecule has 4 heteroatoms. The van der Waals surface area contributed by atoms with Crippen LogP contribution in [0.4, 0.5) is 10.1 Å². The van der Waals surface area contributed by atoms with E-state index in [9.17, 15) is 9.18 Å². The minimum absolute atomic E-state index is 0.121. The molecule has 1 aliphatic carbocycles. The fraction of sp³-hybridized carbons (Fsp3) is 0.296. The molecule has 1 atom stereocenters. The fourth-order valence-corrected chi connectivity index (χ4v) is 4.46. The molecule has 0 heterocycles. The van der Waals surface area contributed by atoms with Crippen LogP contribution in [0.3, 0.4) is 0 Å². The van der Waals surface area contributed by atoms with Crippen molar-refractivity contribution in [2.75, 3.05) is 26.0 Å². The van der Waals surface area contributed by atoms with E-state index in [1.54, 1.807) is 12.1 Å². The Morgan fingerprint density at radius 1 is 0.968 bits per heavy atom. The van der Waals surface area contributed by atoms with Crippen molar-refractivity contribution in [3.8, 4) is 11.1 Å². The summed E-state index contributed by atoms with van der Waals surface area (Å²) in [7, 11) is 4.27. The SMILES string of the molecule is CN(C)CC1CCCc2cc(NC(=O)c3ccc(-c4ccc(F)cc4)cc3)ccc2C1. The molecular weight excluding hydrogens is 387 g/mol. The van der Waals surface area contributed by atoms with Crippen LogP contribution in [0.5, 0.6) is 0 Å². The summed E-state index contributed by atoms with van der Waals surface area (Å²) in [5.74, 6) is 0.315. The van der Waals surface area contributed by atoms with Gasteiger partial charge in [-0.15, -0.1) is 0 Å². The molecule has 0 spiro atoms. The Balaban J connectivity index is 1.44. The van der Waals surface area contributed by atoms with Crippen molar-refractivity contribution in [2.24, 2.45) is 5.92 Å². The summed E-state index contributed by atoms with van der Waals surface area (Å²) in [6.45, 7) is 1.12. The van der Waals surface area contributed by atoms with E-state index >= 15 is 0 Å². The molecular formula is C27H29FN2O. The van der Waals surface area contributed by atoms with Gasteiger partial charge in [-0.05, 0) is 104 Å². The maximum Gasteiger partial charge on any atom is 0.255 e. The molecule has 0 saturated heterocycles. The molecule has 160 valence electrons. The van der Waals surface area contributed by atoms with Crippen LogP contribution >= 0.6 is 0 Å². The van der Waals surface area contributed by atoms with E-state index in [0.29, 0.717) is 11.5 Å². The number of hydrogen-bond donors (Lipinski definition) is 1. The Bertz CT molecular complexity index is 1040. The van der Waals surface area contributed by atoms with Gasteiger partial charge < -0.3 is 10.2 Å². The topological polar surface area (TPSA) is 32.3 Å². The lowest BCUT2D eigenvalue weighted by Crippen LogP contribution is -2.22. The Labute approximate surface area is 183 Å². The first-order valence-electron chi connectivity index (χ1n) is 10.9. The molecule has 0 saturated carbocycles. The van der Waals surface area contributed by atoms with Crippen LogP contribution in [0.25, 0.3) is 11.1 Å². The van der Waals surface area contributed by atoms with Crippen LogP contribution in [0.2, 0.25) is 0 Å². The standard InChI is InChI=1S/C27H29FN2O/c1-30(2)18-19-4-3-5-23-17-26(15-12-24(23)16-19)29-27(31)22-8-6-20(7-9-22)21-10-13-25(28)14-11-21/h6-15,17,19H,3-5,16,18H2,1-2H3,(H,29,31). The third kappa shape index (κ3) is 5.39. The van der Waals surface area contributed by atoms with Crippen LogP contribution in [0, 0.1) is 11.7 Å². The normalized spacial score (nSPS) is 15.9. The summed E-state index contributed by atoms with van der Waals surface area (Å²) in [5.41, 5.74) is 6.08. The maximum atomic E-state index is 13.1. The molecule has 3 aromatic rings. The monoisotopic (exact) mass is 416 g/mol. The number of hydrogen-bond acceptors (Lipinski definition) is 2.